The van der Waals surface area contributed by atoms with Crippen molar-refractivity contribution in [3.8, 4) is 0 Å². The van der Waals surface area contributed by atoms with E-state index in [0.717, 1.165) is 19.4 Å². The normalized spacial score (nSPS) is 22.4. The Kier molecular flexibility index (Phi) is 4.19. The molecule has 1 heterocycles. The summed E-state index contributed by atoms with van der Waals surface area (Å²) in [6.45, 7) is 2.84. The van der Waals surface area contributed by atoms with Gasteiger partial charge in [-0.25, -0.2) is 0 Å². The van der Waals surface area contributed by atoms with Crippen molar-refractivity contribution in [2.45, 2.75) is 45.2 Å². The summed E-state index contributed by atoms with van der Waals surface area (Å²) in [5.41, 5.74) is 0.534. The number of nitrogens with zero attached hydrogens (tertiary/aromatic N) is 2. The number of carbonyl (C=O) groups is 2. The van der Waals surface area contributed by atoms with Gasteiger partial charge in [-0.3, -0.25) is 14.3 Å². The van der Waals surface area contributed by atoms with Crippen LogP contribution in [-0.2, 0) is 11.3 Å². The van der Waals surface area contributed by atoms with Crippen LogP contribution < -0.4 is 5.32 Å². The van der Waals surface area contributed by atoms with Crippen LogP contribution in [0.3, 0.4) is 0 Å². The Balaban J connectivity index is 1.88. The molecule has 1 aliphatic carbocycles. The maximum absolute atomic E-state index is 12.0. The van der Waals surface area contributed by atoms with E-state index >= 15 is 0 Å². The van der Waals surface area contributed by atoms with Crippen molar-refractivity contribution < 1.29 is 14.7 Å². The fourth-order valence-electron chi connectivity index (χ4n) is 2.44. The van der Waals surface area contributed by atoms with Crippen molar-refractivity contribution in [1.29, 1.82) is 0 Å². The van der Waals surface area contributed by atoms with Crippen LogP contribution in [0.5, 0.6) is 0 Å². The summed E-state index contributed by atoms with van der Waals surface area (Å²) in [5.74, 6) is -1.26. The SMILES string of the molecule is CCCn1cc(C(=O)N[C@@H]2CC[C@H](C(=O)O)C2)cn1. The van der Waals surface area contributed by atoms with E-state index in [-0.39, 0.29) is 17.9 Å². The van der Waals surface area contributed by atoms with E-state index in [4.69, 9.17) is 5.11 Å². The van der Waals surface area contributed by atoms with E-state index < -0.39 is 5.97 Å². The first-order valence-electron chi connectivity index (χ1n) is 6.66. The second-order valence-corrected chi connectivity index (χ2v) is 5.01. The first kappa shape index (κ1) is 13.6. The monoisotopic (exact) mass is 265 g/mol. The molecule has 1 aliphatic rings. The maximum Gasteiger partial charge on any atom is 0.306 e. The highest BCUT2D eigenvalue weighted by Gasteiger charge is 2.30. The molecule has 1 saturated carbocycles. The summed E-state index contributed by atoms with van der Waals surface area (Å²) >= 11 is 0. The average molecular weight is 265 g/mol. The number of hydrogen-bond donors (Lipinski definition) is 2. The number of aliphatic carboxylic acids is 1. The van der Waals surface area contributed by atoms with E-state index in [0.29, 0.717) is 18.4 Å². The van der Waals surface area contributed by atoms with Crippen molar-refractivity contribution in [2.24, 2.45) is 5.92 Å². The summed E-state index contributed by atoms with van der Waals surface area (Å²) in [5, 5.41) is 15.9. The Hall–Kier alpha value is -1.85. The van der Waals surface area contributed by atoms with Gasteiger partial charge in [0.25, 0.3) is 5.91 Å². The molecule has 6 heteroatoms. The molecule has 0 aromatic carbocycles. The molecule has 2 atom stereocenters. The first-order valence-corrected chi connectivity index (χ1v) is 6.66. The molecule has 2 N–H and O–H groups in total. The Labute approximate surface area is 111 Å². The fourth-order valence-corrected chi connectivity index (χ4v) is 2.44. The highest BCUT2D eigenvalue weighted by molar-refractivity contribution is 5.93. The zero-order chi connectivity index (χ0) is 13.8. The molecule has 104 valence electrons. The molecule has 1 amide bonds. The van der Waals surface area contributed by atoms with E-state index in [1.165, 1.54) is 0 Å². The summed E-state index contributed by atoms with van der Waals surface area (Å²) < 4.78 is 1.74. The zero-order valence-corrected chi connectivity index (χ0v) is 11.0. The summed E-state index contributed by atoms with van der Waals surface area (Å²) in [7, 11) is 0. The van der Waals surface area contributed by atoms with Gasteiger partial charge in [0.05, 0.1) is 17.7 Å². The van der Waals surface area contributed by atoms with Crippen molar-refractivity contribution in [1.82, 2.24) is 15.1 Å². The number of carboxylic acid groups (broad SMARTS) is 1. The van der Waals surface area contributed by atoms with Crippen LogP contribution in [0.15, 0.2) is 12.4 Å². The van der Waals surface area contributed by atoms with Gasteiger partial charge in [0.2, 0.25) is 0 Å². The molecule has 0 saturated heterocycles. The van der Waals surface area contributed by atoms with Crippen LogP contribution in [-0.4, -0.2) is 32.8 Å². The molecule has 0 bridgehead atoms. The molecule has 1 fully saturated rings. The van der Waals surface area contributed by atoms with Gasteiger partial charge in [0.15, 0.2) is 0 Å². The van der Waals surface area contributed by atoms with E-state index in [1.807, 2.05) is 6.92 Å². The smallest absolute Gasteiger partial charge is 0.306 e. The van der Waals surface area contributed by atoms with Crippen LogP contribution in [0.1, 0.15) is 43.0 Å². The number of hydrogen-bond acceptors (Lipinski definition) is 3. The largest absolute Gasteiger partial charge is 0.481 e. The standard InChI is InChI=1S/C13H19N3O3/c1-2-5-16-8-10(7-14-16)12(17)15-11-4-3-9(6-11)13(18)19/h7-9,11H,2-6H2,1H3,(H,15,17)(H,18,19)/t9-,11+/m0/s1. The molecule has 0 aliphatic heterocycles. The molecule has 0 unspecified atom stereocenters. The van der Waals surface area contributed by atoms with Gasteiger partial charge in [-0.05, 0) is 25.7 Å². The Morgan fingerprint density at radius 1 is 1.53 bits per heavy atom. The number of carbonyl (C=O) groups excluding carboxylic acids is 1. The second-order valence-electron chi connectivity index (χ2n) is 5.01. The highest BCUT2D eigenvalue weighted by atomic mass is 16.4. The van der Waals surface area contributed by atoms with Crippen LogP contribution >= 0.6 is 0 Å². The third kappa shape index (κ3) is 3.33. The summed E-state index contributed by atoms with van der Waals surface area (Å²) in [6.07, 6.45) is 6.12. The van der Waals surface area contributed by atoms with Gasteiger partial charge in [-0.1, -0.05) is 6.92 Å². The van der Waals surface area contributed by atoms with Gasteiger partial charge >= 0.3 is 5.97 Å². The summed E-state index contributed by atoms with van der Waals surface area (Å²) in [6, 6.07) is -0.0388. The minimum atomic E-state index is -0.771. The molecule has 0 radical (unpaired) electrons. The lowest BCUT2D eigenvalue weighted by atomic mass is 10.1. The van der Waals surface area contributed by atoms with Crippen LogP contribution in [0, 0.1) is 5.92 Å². The molecule has 19 heavy (non-hydrogen) atoms. The topological polar surface area (TPSA) is 84.2 Å². The first-order chi connectivity index (χ1) is 9.10. The molecule has 1 aromatic rings. The third-order valence-corrected chi connectivity index (χ3v) is 3.47. The van der Waals surface area contributed by atoms with Crippen molar-refractivity contribution in [3.05, 3.63) is 18.0 Å². The number of rotatable bonds is 5. The van der Waals surface area contributed by atoms with Crippen molar-refractivity contribution >= 4 is 11.9 Å². The second kappa shape index (κ2) is 5.86. The molecular weight excluding hydrogens is 246 g/mol. The van der Waals surface area contributed by atoms with Crippen molar-refractivity contribution in [3.63, 3.8) is 0 Å². The third-order valence-electron chi connectivity index (χ3n) is 3.47. The lowest BCUT2D eigenvalue weighted by Crippen LogP contribution is -2.33. The minimum Gasteiger partial charge on any atom is -0.481 e. The van der Waals surface area contributed by atoms with E-state index in [2.05, 4.69) is 10.4 Å². The molecule has 0 spiro atoms. The maximum atomic E-state index is 12.0. The van der Waals surface area contributed by atoms with Crippen LogP contribution in [0.2, 0.25) is 0 Å². The lowest BCUT2D eigenvalue weighted by molar-refractivity contribution is -0.141. The van der Waals surface area contributed by atoms with Gasteiger partial charge in [-0.15, -0.1) is 0 Å². The average Bonchev–Trinajstić information content (AvgIpc) is 2.98. The molecular formula is C13H19N3O3. The quantitative estimate of drug-likeness (QED) is 0.839. The Morgan fingerprint density at radius 3 is 2.95 bits per heavy atom. The highest BCUT2D eigenvalue weighted by Crippen LogP contribution is 2.25. The number of amides is 1. The van der Waals surface area contributed by atoms with E-state index in [9.17, 15) is 9.59 Å². The lowest BCUT2D eigenvalue weighted by Gasteiger charge is -2.11. The zero-order valence-electron chi connectivity index (χ0n) is 11.0. The van der Waals surface area contributed by atoms with Gasteiger partial charge in [0, 0.05) is 18.8 Å². The fraction of sp³-hybridized carbons (Fsp3) is 0.615. The predicted molar refractivity (Wildman–Crippen MR) is 68.7 cm³/mol. The minimum absolute atomic E-state index is 0.0388. The molecule has 6 nitrogen and oxygen atoms in total. The number of aromatic nitrogens is 2. The molecule has 2 rings (SSSR count). The number of aryl methyl sites for hydroxylation is 1. The molecule has 1 aromatic heterocycles. The van der Waals surface area contributed by atoms with Crippen LogP contribution in [0.25, 0.3) is 0 Å². The van der Waals surface area contributed by atoms with Gasteiger partial charge in [0.1, 0.15) is 0 Å². The number of carboxylic acids is 1. The Morgan fingerprint density at radius 2 is 2.32 bits per heavy atom. The summed E-state index contributed by atoms with van der Waals surface area (Å²) in [4.78, 5) is 22.8. The van der Waals surface area contributed by atoms with Crippen LogP contribution in [0.4, 0.5) is 0 Å². The predicted octanol–water partition coefficient (Wildman–Crippen LogP) is 1.28. The van der Waals surface area contributed by atoms with Gasteiger partial charge in [-0.2, -0.15) is 5.10 Å². The Bertz CT molecular complexity index is 469. The van der Waals surface area contributed by atoms with E-state index in [1.54, 1.807) is 17.1 Å². The van der Waals surface area contributed by atoms with Crippen molar-refractivity contribution in [2.75, 3.05) is 0 Å². The number of nitrogens with one attached hydrogen (secondary N) is 1. The van der Waals surface area contributed by atoms with Gasteiger partial charge < -0.3 is 10.4 Å².